The molecule has 3 aromatic rings. The number of thiophene rings is 1. The van der Waals surface area contributed by atoms with Crippen LogP contribution in [0.4, 0.5) is 0 Å². The van der Waals surface area contributed by atoms with Gasteiger partial charge in [-0.2, -0.15) is 0 Å². The Morgan fingerprint density at radius 1 is 1.19 bits per heavy atom. The zero-order chi connectivity index (χ0) is 22.8. The summed E-state index contributed by atoms with van der Waals surface area (Å²) >= 11 is 2.73. The first-order valence-corrected chi connectivity index (χ1v) is 11.6. The summed E-state index contributed by atoms with van der Waals surface area (Å²) in [6, 6.07) is 9.98. The molecular formula is C23H20N2O5S2. The lowest BCUT2D eigenvalue weighted by Gasteiger charge is -2.23. The molecule has 4 rings (SSSR count). The first kappa shape index (κ1) is 21.9. The van der Waals surface area contributed by atoms with Crippen LogP contribution in [-0.2, 0) is 14.3 Å². The van der Waals surface area contributed by atoms with Crippen molar-refractivity contribution in [1.82, 2.24) is 4.57 Å². The van der Waals surface area contributed by atoms with Crippen LogP contribution in [0.1, 0.15) is 40.7 Å². The molecule has 7 nitrogen and oxygen atoms in total. The van der Waals surface area contributed by atoms with Crippen molar-refractivity contribution >= 4 is 40.7 Å². The van der Waals surface area contributed by atoms with Gasteiger partial charge in [-0.1, -0.05) is 29.5 Å². The maximum absolute atomic E-state index is 13.4. The highest BCUT2D eigenvalue weighted by Crippen LogP contribution is 2.33. The molecule has 32 heavy (non-hydrogen) atoms. The van der Waals surface area contributed by atoms with Crippen molar-refractivity contribution in [3.05, 3.63) is 88.7 Å². The van der Waals surface area contributed by atoms with E-state index in [1.54, 1.807) is 48.8 Å². The van der Waals surface area contributed by atoms with E-state index in [1.807, 2.05) is 17.5 Å². The second kappa shape index (κ2) is 9.05. The van der Waals surface area contributed by atoms with E-state index in [1.165, 1.54) is 29.8 Å². The number of fused-ring (bicyclic) bond motifs is 1. The third-order valence-electron chi connectivity index (χ3n) is 4.96. The molecule has 164 valence electrons. The molecule has 0 aliphatic carbocycles. The molecule has 0 fully saturated rings. The van der Waals surface area contributed by atoms with E-state index < -0.39 is 18.0 Å². The van der Waals surface area contributed by atoms with E-state index in [-0.39, 0.29) is 12.2 Å². The van der Waals surface area contributed by atoms with Gasteiger partial charge in [-0.3, -0.25) is 9.36 Å². The van der Waals surface area contributed by atoms with Crippen LogP contribution in [0.25, 0.3) is 6.08 Å². The van der Waals surface area contributed by atoms with Crippen molar-refractivity contribution in [2.45, 2.75) is 19.9 Å². The van der Waals surface area contributed by atoms with Gasteiger partial charge < -0.3 is 9.47 Å². The van der Waals surface area contributed by atoms with E-state index in [2.05, 4.69) is 4.99 Å². The molecule has 0 saturated heterocycles. The second-order valence-corrected chi connectivity index (χ2v) is 8.92. The number of thiazole rings is 1. The number of esters is 2. The number of carbonyl (C=O) groups is 2. The monoisotopic (exact) mass is 468 g/mol. The molecule has 0 saturated carbocycles. The Morgan fingerprint density at radius 3 is 2.56 bits per heavy atom. The van der Waals surface area contributed by atoms with Gasteiger partial charge in [0.2, 0.25) is 0 Å². The molecule has 1 aromatic carbocycles. The smallest absolute Gasteiger partial charge is 0.338 e. The lowest BCUT2D eigenvalue weighted by molar-refractivity contribution is -0.139. The van der Waals surface area contributed by atoms with Gasteiger partial charge in [0.25, 0.3) is 5.56 Å². The number of hydrogen-bond donors (Lipinski definition) is 0. The number of benzene rings is 1. The van der Waals surface area contributed by atoms with E-state index in [4.69, 9.17) is 9.47 Å². The predicted molar refractivity (Wildman–Crippen MR) is 122 cm³/mol. The molecule has 0 N–H and O–H groups in total. The van der Waals surface area contributed by atoms with Gasteiger partial charge >= 0.3 is 11.9 Å². The van der Waals surface area contributed by atoms with Gasteiger partial charge in [0, 0.05) is 4.88 Å². The zero-order valence-electron chi connectivity index (χ0n) is 17.7. The topological polar surface area (TPSA) is 87.0 Å². The van der Waals surface area contributed by atoms with Crippen molar-refractivity contribution in [3.8, 4) is 0 Å². The largest absolute Gasteiger partial charge is 0.465 e. The highest BCUT2D eigenvalue weighted by atomic mass is 32.1. The predicted octanol–water partition coefficient (Wildman–Crippen LogP) is 2.65. The van der Waals surface area contributed by atoms with Gasteiger partial charge in [0.05, 0.1) is 35.1 Å². The molecule has 9 heteroatoms. The minimum Gasteiger partial charge on any atom is -0.465 e. The highest BCUT2D eigenvalue weighted by Gasteiger charge is 2.33. The summed E-state index contributed by atoms with van der Waals surface area (Å²) in [5.74, 6) is -0.895. The van der Waals surface area contributed by atoms with Crippen molar-refractivity contribution in [3.63, 3.8) is 0 Å². The summed E-state index contributed by atoms with van der Waals surface area (Å²) < 4.78 is 12.0. The van der Waals surface area contributed by atoms with E-state index >= 15 is 0 Å². The van der Waals surface area contributed by atoms with Gasteiger partial charge in [0.15, 0.2) is 4.80 Å². The molecule has 1 atom stereocenters. The number of ether oxygens (including phenoxy) is 2. The number of methoxy groups -OCH3 is 1. The minimum atomic E-state index is -0.589. The van der Waals surface area contributed by atoms with Crippen molar-refractivity contribution in [2.24, 2.45) is 4.99 Å². The molecule has 0 amide bonds. The number of aromatic nitrogens is 1. The van der Waals surface area contributed by atoms with Gasteiger partial charge in [-0.25, -0.2) is 14.6 Å². The van der Waals surface area contributed by atoms with E-state index in [9.17, 15) is 14.4 Å². The molecule has 3 heterocycles. The summed E-state index contributed by atoms with van der Waals surface area (Å²) in [6.07, 6.45) is 1.75. The van der Waals surface area contributed by atoms with Crippen molar-refractivity contribution in [1.29, 1.82) is 0 Å². The highest BCUT2D eigenvalue weighted by molar-refractivity contribution is 7.10. The van der Waals surface area contributed by atoms with Crippen LogP contribution >= 0.6 is 22.7 Å². The fraction of sp³-hybridized carbons (Fsp3) is 0.217. The van der Waals surface area contributed by atoms with Crippen LogP contribution in [0.2, 0.25) is 0 Å². The van der Waals surface area contributed by atoms with Crippen LogP contribution in [0.5, 0.6) is 0 Å². The number of nitrogens with zero attached hydrogens (tertiary/aromatic N) is 2. The quantitative estimate of drug-likeness (QED) is 0.538. The fourth-order valence-corrected chi connectivity index (χ4v) is 5.36. The van der Waals surface area contributed by atoms with Crippen LogP contribution < -0.4 is 14.9 Å². The SMILES string of the molecule is CCOC(=O)C1=C(C)N=c2s/c(=C\c3ccc(C(=O)OC)cc3)c(=O)n2C1c1cccs1. The van der Waals surface area contributed by atoms with E-state index in [0.29, 0.717) is 26.2 Å². The van der Waals surface area contributed by atoms with Crippen LogP contribution in [0.3, 0.4) is 0 Å². The number of carbonyl (C=O) groups excluding carboxylic acids is 2. The molecule has 0 bridgehead atoms. The average molecular weight is 469 g/mol. The molecule has 1 aliphatic heterocycles. The maximum atomic E-state index is 13.4. The van der Waals surface area contributed by atoms with Gasteiger partial charge in [-0.05, 0) is 49.1 Å². The summed E-state index contributed by atoms with van der Waals surface area (Å²) in [5, 5.41) is 1.91. The Bertz CT molecular complexity index is 1380. The molecule has 2 aromatic heterocycles. The lowest BCUT2D eigenvalue weighted by Crippen LogP contribution is -2.39. The second-order valence-electron chi connectivity index (χ2n) is 6.93. The Labute approximate surface area is 191 Å². The zero-order valence-corrected chi connectivity index (χ0v) is 19.3. The van der Waals surface area contributed by atoms with Gasteiger partial charge in [0.1, 0.15) is 6.04 Å². The number of allylic oxidation sites excluding steroid dienone is 1. The Morgan fingerprint density at radius 2 is 1.94 bits per heavy atom. The van der Waals surface area contributed by atoms with Gasteiger partial charge in [-0.15, -0.1) is 11.3 Å². The fourth-order valence-electron chi connectivity index (χ4n) is 3.49. The first-order chi connectivity index (χ1) is 15.4. The van der Waals surface area contributed by atoms with Crippen molar-refractivity contribution in [2.75, 3.05) is 13.7 Å². The summed E-state index contributed by atoms with van der Waals surface area (Å²) in [7, 11) is 1.33. The van der Waals surface area contributed by atoms with Crippen LogP contribution in [-0.4, -0.2) is 30.2 Å². The molecule has 0 radical (unpaired) electrons. The minimum absolute atomic E-state index is 0.235. The summed E-state index contributed by atoms with van der Waals surface area (Å²) in [6.45, 7) is 3.74. The first-order valence-electron chi connectivity index (χ1n) is 9.86. The van der Waals surface area contributed by atoms with E-state index in [0.717, 1.165) is 10.4 Å². The maximum Gasteiger partial charge on any atom is 0.338 e. The molecule has 1 unspecified atom stereocenters. The van der Waals surface area contributed by atoms with Crippen molar-refractivity contribution < 1.29 is 19.1 Å². The normalized spacial score (nSPS) is 15.8. The Balaban J connectivity index is 1.85. The Hall–Kier alpha value is -3.30. The number of hydrogen-bond acceptors (Lipinski definition) is 8. The summed E-state index contributed by atoms with van der Waals surface area (Å²) in [4.78, 5) is 43.7. The lowest BCUT2D eigenvalue weighted by atomic mass is 10.0. The van der Waals surface area contributed by atoms with Crippen LogP contribution in [0, 0.1) is 0 Å². The molecular weight excluding hydrogens is 448 g/mol. The number of rotatable bonds is 5. The average Bonchev–Trinajstić information content (AvgIpc) is 3.42. The third-order valence-corrected chi connectivity index (χ3v) is 6.87. The Kier molecular flexibility index (Phi) is 6.20. The summed E-state index contributed by atoms with van der Waals surface area (Å²) in [5.41, 5.74) is 1.86. The van der Waals surface area contributed by atoms with Crippen LogP contribution in [0.15, 0.2) is 62.8 Å². The standard InChI is InChI=1S/C23H20N2O5S2/c1-4-30-22(28)18-13(2)24-23-25(19(18)16-6-5-11-31-16)20(26)17(32-23)12-14-7-9-15(10-8-14)21(27)29-3/h5-12,19H,4H2,1-3H3/b17-12-. The third kappa shape index (κ3) is 3.96. The molecule has 1 aliphatic rings. The molecule has 0 spiro atoms.